The molecule has 1 amide bonds. The maximum Gasteiger partial charge on any atom is 0.274 e. The van der Waals surface area contributed by atoms with Crippen LogP contribution in [0.2, 0.25) is 0 Å². The summed E-state index contributed by atoms with van der Waals surface area (Å²) in [7, 11) is 1.62. The minimum atomic E-state index is -0.282. The number of ether oxygens (including phenoxy) is 2. The molecule has 0 saturated carbocycles. The van der Waals surface area contributed by atoms with Crippen LogP contribution in [0.25, 0.3) is 0 Å². The SMILES string of the molecule is COc1ccc(OCCNc2nccc(C(=O)Nc3cc(C)cc(C)c3)n2)cc1. The molecule has 2 N–H and O–H groups in total. The summed E-state index contributed by atoms with van der Waals surface area (Å²) < 4.78 is 10.8. The number of methoxy groups -OCH3 is 1. The fraction of sp³-hybridized carbons (Fsp3) is 0.227. The molecule has 0 unspecified atom stereocenters. The summed E-state index contributed by atoms with van der Waals surface area (Å²) in [4.78, 5) is 20.9. The molecule has 7 heteroatoms. The van der Waals surface area contributed by atoms with E-state index >= 15 is 0 Å². The number of nitrogens with zero attached hydrogens (tertiary/aromatic N) is 2. The zero-order valence-electron chi connectivity index (χ0n) is 16.7. The predicted octanol–water partition coefficient (Wildman–Crippen LogP) is 3.85. The van der Waals surface area contributed by atoms with E-state index in [9.17, 15) is 4.79 Å². The van der Waals surface area contributed by atoms with E-state index in [0.29, 0.717) is 19.1 Å². The van der Waals surface area contributed by atoms with E-state index in [4.69, 9.17) is 9.47 Å². The van der Waals surface area contributed by atoms with Gasteiger partial charge in [-0.3, -0.25) is 4.79 Å². The number of aryl methyl sites for hydroxylation is 2. The standard InChI is InChI=1S/C22H24N4O3/c1-15-12-16(2)14-17(13-15)25-21(27)20-8-9-23-22(26-20)24-10-11-29-19-6-4-18(28-3)5-7-19/h4-9,12-14H,10-11H2,1-3H3,(H,25,27)(H,23,24,26). The second-order valence-corrected chi connectivity index (χ2v) is 6.55. The largest absolute Gasteiger partial charge is 0.497 e. The summed E-state index contributed by atoms with van der Waals surface area (Å²) in [5, 5.41) is 5.94. The lowest BCUT2D eigenvalue weighted by atomic mass is 10.1. The van der Waals surface area contributed by atoms with Crippen molar-refractivity contribution in [2.75, 3.05) is 30.9 Å². The highest BCUT2D eigenvalue weighted by atomic mass is 16.5. The van der Waals surface area contributed by atoms with Crippen LogP contribution in [0.3, 0.4) is 0 Å². The fourth-order valence-corrected chi connectivity index (χ4v) is 2.82. The summed E-state index contributed by atoms with van der Waals surface area (Å²) in [5.74, 6) is 1.61. The molecule has 1 heterocycles. The van der Waals surface area contributed by atoms with Gasteiger partial charge in [-0.05, 0) is 67.4 Å². The molecule has 0 aliphatic carbocycles. The molecule has 1 aromatic heterocycles. The third kappa shape index (κ3) is 5.93. The van der Waals surface area contributed by atoms with Crippen molar-refractivity contribution < 1.29 is 14.3 Å². The minimum absolute atomic E-state index is 0.282. The molecule has 0 fully saturated rings. The Hall–Kier alpha value is -3.61. The van der Waals surface area contributed by atoms with Crippen LogP contribution in [-0.2, 0) is 0 Å². The Labute approximate surface area is 170 Å². The Morgan fingerprint density at radius 3 is 2.38 bits per heavy atom. The smallest absolute Gasteiger partial charge is 0.274 e. The van der Waals surface area contributed by atoms with E-state index in [0.717, 1.165) is 28.3 Å². The number of aromatic nitrogens is 2. The topological polar surface area (TPSA) is 85.4 Å². The van der Waals surface area contributed by atoms with Crippen molar-refractivity contribution in [3.05, 3.63) is 71.5 Å². The number of rotatable bonds is 8. The third-order valence-electron chi connectivity index (χ3n) is 4.08. The zero-order valence-corrected chi connectivity index (χ0v) is 16.7. The van der Waals surface area contributed by atoms with Gasteiger partial charge in [0, 0.05) is 11.9 Å². The maximum atomic E-state index is 12.5. The van der Waals surface area contributed by atoms with Crippen LogP contribution in [0, 0.1) is 13.8 Å². The summed E-state index contributed by atoms with van der Waals surface area (Å²) >= 11 is 0. The molecule has 3 aromatic rings. The summed E-state index contributed by atoms with van der Waals surface area (Å²) in [5.41, 5.74) is 3.20. The van der Waals surface area contributed by atoms with Gasteiger partial charge in [-0.1, -0.05) is 6.07 Å². The van der Waals surface area contributed by atoms with Crippen molar-refractivity contribution >= 4 is 17.5 Å². The van der Waals surface area contributed by atoms with Crippen LogP contribution in [0.1, 0.15) is 21.6 Å². The van der Waals surface area contributed by atoms with Gasteiger partial charge in [0.2, 0.25) is 5.95 Å². The number of benzene rings is 2. The third-order valence-corrected chi connectivity index (χ3v) is 4.08. The molecular weight excluding hydrogens is 368 g/mol. The fourth-order valence-electron chi connectivity index (χ4n) is 2.82. The van der Waals surface area contributed by atoms with Crippen molar-refractivity contribution in [1.82, 2.24) is 9.97 Å². The molecule has 0 atom stereocenters. The zero-order chi connectivity index (χ0) is 20.6. The van der Waals surface area contributed by atoms with Gasteiger partial charge in [0.25, 0.3) is 5.91 Å². The second kappa shape index (κ2) is 9.54. The van der Waals surface area contributed by atoms with Crippen LogP contribution < -0.4 is 20.1 Å². The van der Waals surface area contributed by atoms with Crippen molar-refractivity contribution in [1.29, 1.82) is 0 Å². The molecule has 0 radical (unpaired) electrons. The first kappa shape index (κ1) is 20.1. The number of carbonyl (C=O) groups is 1. The number of hydrogen-bond donors (Lipinski definition) is 2. The minimum Gasteiger partial charge on any atom is -0.497 e. The van der Waals surface area contributed by atoms with E-state index in [2.05, 4.69) is 26.7 Å². The normalized spacial score (nSPS) is 10.3. The van der Waals surface area contributed by atoms with E-state index in [1.807, 2.05) is 50.2 Å². The first-order chi connectivity index (χ1) is 14.0. The molecule has 0 aliphatic heterocycles. The van der Waals surface area contributed by atoms with Gasteiger partial charge in [-0.15, -0.1) is 0 Å². The molecule has 29 heavy (non-hydrogen) atoms. The average molecular weight is 392 g/mol. The van der Waals surface area contributed by atoms with Crippen molar-refractivity contribution in [3.63, 3.8) is 0 Å². The maximum absolute atomic E-state index is 12.5. The molecule has 3 rings (SSSR count). The molecule has 0 aliphatic rings. The lowest BCUT2D eigenvalue weighted by Gasteiger charge is -2.10. The number of nitrogens with one attached hydrogen (secondary N) is 2. The Kier molecular flexibility index (Phi) is 6.63. The molecule has 2 aromatic carbocycles. The van der Waals surface area contributed by atoms with Crippen molar-refractivity contribution in [2.24, 2.45) is 0 Å². The Morgan fingerprint density at radius 1 is 1.00 bits per heavy atom. The van der Waals surface area contributed by atoms with Crippen LogP contribution in [0.5, 0.6) is 11.5 Å². The van der Waals surface area contributed by atoms with E-state index < -0.39 is 0 Å². The van der Waals surface area contributed by atoms with Gasteiger partial charge in [0.15, 0.2) is 0 Å². The Morgan fingerprint density at radius 2 is 1.69 bits per heavy atom. The lowest BCUT2D eigenvalue weighted by molar-refractivity contribution is 0.102. The van der Waals surface area contributed by atoms with Gasteiger partial charge in [-0.2, -0.15) is 0 Å². The number of amides is 1. The summed E-state index contributed by atoms with van der Waals surface area (Å²) in [6.45, 7) is 4.90. The van der Waals surface area contributed by atoms with Crippen LogP contribution in [0.4, 0.5) is 11.6 Å². The van der Waals surface area contributed by atoms with E-state index in [1.165, 1.54) is 0 Å². The van der Waals surface area contributed by atoms with Crippen molar-refractivity contribution in [2.45, 2.75) is 13.8 Å². The predicted molar refractivity (Wildman–Crippen MR) is 113 cm³/mol. The highest BCUT2D eigenvalue weighted by Crippen LogP contribution is 2.17. The number of hydrogen-bond acceptors (Lipinski definition) is 6. The summed E-state index contributed by atoms with van der Waals surface area (Å²) in [6.07, 6.45) is 1.55. The quantitative estimate of drug-likeness (QED) is 0.567. The molecule has 0 saturated heterocycles. The average Bonchev–Trinajstić information content (AvgIpc) is 2.71. The molecule has 0 spiro atoms. The van der Waals surface area contributed by atoms with Crippen LogP contribution >= 0.6 is 0 Å². The molecule has 0 bridgehead atoms. The monoisotopic (exact) mass is 392 g/mol. The van der Waals surface area contributed by atoms with Gasteiger partial charge in [0.05, 0.1) is 13.7 Å². The van der Waals surface area contributed by atoms with E-state index in [1.54, 1.807) is 19.4 Å². The van der Waals surface area contributed by atoms with Gasteiger partial charge < -0.3 is 20.1 Å². The van der Waals surface area contributed by atoms with Crippen LogP contribution in [0.15, 0.2) is 54.7 Å². The molecule has 150 valence electrons. The van der Waals surface area contributed by atoms with Crippen LogP contribution in [-0.4, -0.2) is 36.1 Å². The van der Waals surface area contributed by atoms with Gasteiger partial charge >= 0.3 is 0 Å². The first-order valence-corrected chi connectivity index (χ1v) is 9.27. The number of anilines is 2. The Balaban J connectivity index is 1.52. The highest BCUT2D eigenvalue weighted by Gasteiger charge is 2.10. The summed E-state index contributed by atoms with van der Waals surface area (Å²) in [6, 6.07) is 14.8. The highest BCUT2D eigenvalue weighted by molar-refractivity contribution is 6.03. The van der Waals surface area contributed by atoms with Gasteiger partial charge in [0.1, 0.15) is 23.8 Å². The lowest BCUT2D eigenvalue weighted by Crippen LogP contribution is -2.17. The van der Waals surface area contributed by atoms with Crippen molar-refractivity contribution in [3.8, 4) is 11.5 Å². The Bertz CT molecular complexity index is 954. The van der Waals surface area contributed by atoms with E-state index in [-0.39, 0.29) is 11.6 Å². The second-order valence-electron chi connectivity index (χ2n) is 6.55. The molecule has 7 nitrogen and oxygen atoms in total. The van der Waals surface area contributed by atoms with Gasteiger partial charge in [-0.25, -0.2) is 9.97 Å². The molecular formula is C22H24N4O3. The number of carbonyl (C=O) groups excluding carboxylic acids is 1. The first-order valence-electron chi connectivity index (χ1n) is 9.27.